The maximum atomic E-state index is 13.8. The van der Waals surface area contributed by atoms with Gasteiger partial charge in [-0.2, -0.15) is 0 Å². The lowest BCUT2D eigenvalue weighted by molar-refractivity contribution is 0.0940. The third-order valence-electron chi connectivity index (χ3n) is 3.85. The molecule has 0 spiro atoms. The minimum Gasteiger partial charge on any atom is -0.399 e. The van der Waals surface area contributed by atoms with Crippen molar-refractivity contribution in [3.8, 4) is 0 Å². The van der Waals surface area contributed by atoms with Gasteiger partial charge in [0.2, 0.25) is 0 Å². The fourth-order valence-electron chi connectivity index (χ4n) is 2.16. The summed E-state index contributed by atoms with van der Waals surface area (Å²) in [6, 6.07) is 2.92. The highest BCUT2D eigenvalue weighted by molar-refractivity contribution is 5.95. The fraction of sp³-hybridized carbons (Fsp3) is 0.500. The van der Waals surface area contributed by atoms with Gasteiger partial charge in [0.25, 0.3) is 5.91 Å². The molecule has 0 aliphatic heterocycles. The molecule has 0 atom stereocenters. The Kier molecular flexibility index (Phi) is 3.28. The number of amides is 1. The summed E-state index contributed by atoms with van der Waals surface area (Å²) in [4.78, 5) is 12.0. The molecule has 0 aromatic heterocycles. The molecule has 3 nitrogen and oxygen atoms in total. The van der Waals surface area contributed by atoms with E-state index in [1.807, 2.05) is 0 Å². The van der Waals surface area contributed by atoms with Crippen LogP contribution in [0.2, 0.25) is 0 Å². The van der Waals surface area contributed by atoms with Crippen molar-refractivity contribution in [2.45, 2.75) is 33.1 Å². The van der Waals surface area contributed by atoms with Crippen LogP contribution < -0.4 is 11.1 Å². The van der Waals surface area contributed by atoms with Crippen molar-refractivity contribution in [3.63, 3.8) is 0 Å². The second kappa shape index (κ2) is 4.59. The van der Waals surface area contributed by atoms with Crippen molar-refractivity contribution < 1.29 is 9.18 Å². The summed E-state index contributed by atoms with van der Waals surface area (Å²) >= 11 is 0. The molecule has 18 heavy (non-hydrogen) atoms. The van der Waals surface area contributed by atoms with E-state index >= 15 is 0 Å². The van der Waals surface area contributed by atoms with E-state index in [0.717, 1.165) is 19.3 Å². The molecule has 0 radical (unpaired) electrons. The summed E-state index contributed by atoms with van der Waals surface area (Å²) in [5, 5.41) is 2.81. The molecule has 0 saturated heterocycles. The van der Waals surface area contributed by atoms with Crippen LogP contribution in [0.1, 0.15) is 42.1 Å². The SMILES string of the molecule is CCC1(CNC(=O)c2cc(N)cc(C)c2F)CC1. The van der Waals surface area contributed by atoms with E-state index in [0.29, 0.717) is 17.8 Å². The molecule has 4 heteroatoms. The number of nitrogens with one attached hydrogen (secondary N) is 1. The van der Waals surface area contributed by atoms with Crippen LogP contribution in [0.4, 0.5) is 10.1 Å². The molecule has 1 aliphatic rings. The average Bonchev–Trinajstić information content (AvgIpc) is 3.11. The van der Waals surface area contributed by atoms with E-state index in [1.165, 1.54) is 12.1 Å². The Balaban J connectivity index is 2.09. The van der Waals surface area contributed by atoms with Crippen LogP contribution >= 0.6 is 0 Å². The number of nitrogens with two attached hydrogens (primary N) is 1. The first kappa shape index (κ1) is 12.9. The Bertz CT molecular complexity index is 481. The summed E-state index contributed by atoms with van der Waals surface area (Å²) in [6.45, 7) is 4.34. The molecule has 1 aliphatic carbocycles. The van der Waals surface area contributed by atoms with Crippen LogP contribution in [-0.4, -0.2) is 12.5 Å². The minimum atomic E-state index is -0.483. The highest BCUT2D eigenvalue weighted by Crippen LogP contribution is 2.47. The van der Waals surface area contributed by atoms with E-state index in [9.17, 15) is 9.18 Å². The average molecular weight is 250 g/mol. The standard InChI is InChI=1S/C14H19FN2O/c1-3-14(4-5-14)8-17-13(18)11-7-10(16)6-9(2)12(11)15/h6-7H,3-5,8,16H2,1-2H3,(H,17,18). The van der Waals surface area contributed by atoms with Gasteiger partial charge in [0.1, 0.15) is 5.82 Å². The minimum absolute atomic E-state index is 0.0411. The lowest BCUT2D eigenvalue weighted by atomic mass is 10.0. The maximum absolute atomic E-state index is 13.8. The summed E-state index contributed by atoms with van der Waals surface area (Å²) in [6.07, 6.45) is 3.33. The maximum Gasteiger partial charge on any atom is 0.254 e. The molecule has 2 rings (SSSR count). The molecule has 1 aromatic rings. The molecule has 0 heterocycles. The predicted octanol–water partition coefficient (Wildman–Crippen LogP) is 2.64. The van der Waals surface area contributed by atoms with Gasteiger partial charge in [0.05, 0.1) is 5.56 Å². The molecule has 0 unspecified atom stereocenters. The van der Waals surface area contributed by atoms with Gasteiger partial charge in [-0.3, -0.25) is 4.79 Å². The van der Waals surface area contributed by atoms with Gasteiger partial charge >= 0.3 is 0 Å². The number of halogens is 1. The number of aryl methyl sites for hydroxylation is 1. The number of hydrogen-bond donors (Lipinski definition) is 2. The van der Waals surface area contributed by atoms with E-state index < -0.39 is 5.82 Å². The largest absolute Gasteiger partial charge is 0.399 e. The summed E-state index contributed by atoms with van der Waals surface area (Å²) in [7, 11) is 0. The van der Waals surface area contributed by atoms with Gasteiger partial charge in [-0.25, -0.2) is 4.39 Å². The Morgan fingerprint density at radius 3 is 2.72 bits per heavy atom. The van der Waals surface area contributed by atoms with Gasteiger partial charge < -0.3 is 11.1 Å². The predicted molar refractivity (Wildman–Crippen MR) is 69.8 cm³/mol. The molecular weight excluding hydrogens is 231 g/mol. The van der Waals surface area contributed by atoms with E-state index in [1.54, 1.807) is 6.92 Å². The van der Waals surface area contributed by atoms with Gasteiger partial charge in [-0.15, -0.1) is 0 Å². The highest BCUT2D eigenvalue weighted by Gasteiger charge is 2.40. The van der Waals surface area contributed by atoms with Gasteiger partial charge in [-0.05, 0) is 49.3 Å². The monoisotopic (exact) mass is 250 g/mol. The topological polar surface area (TPSA) is 55.1 Å². The summed E-state index contributed by atoms with van der Waals surface area (Å²) < 4.78 is 13.8. The Morgan fingerprint density at radius 2 is 2.17 bits per heavy atom. The van der Waals surface area contributed by atoms with Crippen LogP contribution in [0.15, 0.2) is 12.1 Å². The molecule has 1 amide bonds. The Morgan fingerprint density at radius 1 is 1.50 bits per heavy atom. The molecule has 1 saturated carbocycles. The first-order chi connectivity index (χ1) is 8.47. The quantitative estimate of drug-likeness (QED) is 0.807. The van der Waals surface area contributed by atoms with E-state index in [-0.39, 0.29) is 16.9 Å². The van der Waals surface area contributed by atoms with Crippen molar-refractivity contribution in [1.82, 2.24) is 5.32 Å². The second-order valence-corrected chi connectivity index (χ2v) is 5.24. The number of benzene rings is 1. The van der Waals surface area contributed by atoms with Crippen LogP contribution in [0, 0.1) is 18.2 Å². The molecule has 1 fully saturated rings. The lowest BCUT2D eigenvalue weighted by Gasteiger charge is -2.14. The molecule has 1 aromatic carbocycles. The van der Waals surface area contributed by atoms with Crippen molar-refractivity contribution in [1.29, 1.82) is 0 Å². The lowest BCUT2D eigenvalue weighted by Crippen LogP contribution is -2.30. The number of hydrogen-bond acceptors (Lipinski definition) is 2. The molecule has 3 N–H and O–H groups in total. The van der Waals surface area contributed by atoms with Gasteiger partial charge in [0, 0.05) is 12.2 Å². The zero-order chi connectivity index (χ0) is 13.3. The van der Waals surface area contributed by atoms with Crippen molar-refractivity contribution in [2.24, 2.45) is 5.41 Å². The van der Waals surface area contributed by atoms with Crippen LogP contribution in [0.5, 0.6) is 0 Å². The number of anilines is 1. The first-order valence-electron chi connectivity index (χ1n) is 6.31. The van der Waals surface area contributed by atoms with Gasteiger partial charge in [-0.1, -0.05) is 6.92 Å². The van der Waals surface area contributed by atoms with E-state index in [4.69, 9.17) is 5.73 Å². The third-order valence-corrected chi connectivity index (χ3v) is 3.85. The van der Waals surface area contributed by atoms with Gasteiger partial charge in [0.15, 0.2) is 0 Å². The molecule has 0 bridgehead atoms. The number of nitrogen functional groups attached to an aromatic ring is 1. The smallest absolute Gasteiger partial charge is 0.254 e. The van der Waals surface area contributed by atoms with Crippen LogP contribution in [-0.2, 0) is 0 Å². The van der Waals surface area contributed by atoms with Crippen molar-refractivity contribution in [2.75, 3.05) is 12.3 Å². The number of carbonyl (C=O) groups is 1. The van der Waals surface area contributed by atoms with Crippen LogP contribution in [0.25, 0.3) is 0 Å². The second-order valence-electron chi connectivity index (χ2n) is 5.24. The van der Waals surface area contributed by atoms with Crippen molar-refractivity contribution >= 4 is 11.6 Å². The fourth-order valence-corrected chi connectivity index (χ4v) is 2.16. The van der Waals surface area contributed by atoms with Crippen molar-refractivity contribution in [3.05, 3.63) is 29.1 Å². The molecule has 98 valence electrons. The zero-order valence-electron chi connectivity index (χ0n) is 10.8. The highest BCUT2D eigenvalue weighted by atomic mass is 19.1. The Hall–Kier alpha value is -1.58. The molecular formula is C14H19FN2O. The normalized spacial score (nSPS) is 16.4. The Labute approximate surface area is 107 Å². The van der Waals surface area contributed by atoms with Crippen LogP contribution in [0.3, 0.4) is 0 Å². The summed E-state index contributed by atoms with van der Waals surface area (Å²) in [5.74, 6) is -0.856. The number of rotatable bonds is 4. The zero-order valence-corrected chi connectivity index (χ0v) is 10.8. The third kappa shape index (κ3) is 2.47. The summed E-state index contributed by atoms with van der Waals surface area (Å²) in [5.41, 5.74) is 6.74. The first-order valence-corrected chi connectivity index (χ1v) is 6.31. The number of carbonyl (C=O) groups excluding carboxylic acids is 1. The van der Waals surface area contributed by atoms with E-state index in [2.05, 4.69) is 12.2 Å².